The van der Waals surface area contributed by atoms with Crippen molar-refractivity contribution in [2.45, 2.75) is 46.1 Å². The first kappa shape index (κ1) is 16.3. The number of furan rings is 1. The van der Waals surface area contributed by atoms with Gasteiger partial charge in [0.15, 0.2) is 4.67 Å². The standard InChI is InChI=1S/C18H24BrNO/c1-4-11-20-18(16-9-10-17(19)21-16)15-12-13(5-2)7-8-14(15)6-3/h7-10,12,18,20H,4-6,11H2,1-3H3. The molecule has 2 aromatic rings. The molecule has 0 saturated carbocycles. The summed E-state index contributed by atoms with van der Waals surface area (Å²) in [7, 11) is 0. The van der Waals surface area contributed by atoms with E-state index in [-0.39, 0.29) is 6.04 Å². The molecule has 114 valence electrons. The maximum absolute atomic E-state index is 5.82. The highest BCUT2D eigenvalue weighted by molar-refractivity contribution is 9.10. The Morgan fingerprint density at radius 3 is 2.48 bits per heavy atom. The molecule has 0 aliphatic rings. The first-order valence-electron chi connectivity index (χ1n) is 7.79. The normalized spacial score (nSPS) is 12.6. The number of hydrogen-bond donors (Lipinski definition) is 1. The van der Waals surface area contributed by atoms with E-state index in [9.17, 15) is 0 Å². The van der Waals surface area contributed by atoms with E-state index in [1.165, 1.54) is 16.7 Å². The van der Waals surface area contributed by atoms with E-state index in [0.717, 1.165) is 36.2 Å². The van der Waals surface area contributed by atoms with Crippen molar-refractivity contribution in [2.75, 3.05) is 6.54 Å². The van der Waals surface area contributed by atoms with Crippen molar-refractivity contribution in [3.63, 3.8) is 0 Å². The summed E-state index contributed by atoms with van der Waals surface area (Å²) in [5.41, 5.74) is 4.09. The second kappa shape index (κ2) is 7.81. The van der Waals surface area contributed by atoms with Gasteiger partial charge < -0.3 is 9.73 Å². The lowest BCUT2D eigenvalue weighted by Crippen LogP contribution is -2.24. The van der Waals surface area contributed by atoms with Crippen LogP contribution < -0.4 is 5.32 Å². The Bertz CT molecular complexity index is 576. The summed E-state index contributed by atoms with van der Waals surface area (Å²) >= 11 is 3.41. The molecule has 0 aliphatic heterocycles. The average Bonchev–Trinajstić information content (AvgIpc) is 2.93. The molecule has 2 rings (SSSR count). The minimum absolute atomic E-state index is 0.123. The fraction of sp³-hybridized carbons (Fsp3) is 0.444. The summed E-state index contributed by atoms with van der Waals surface area (Å²) < 4.78 is 6.61. The summed E-state index contributed by atoms with van der Waals surface area (Å²) in [6.07, 6.45) is 3.19. The van der Waals surface area contributed by atoms with Crippen molar-refractivity contribution in [2.24, 2.45) is 0 Å². The van der Waals surface area contributed by atoms with Crippen molar-refractivity contribution in [1.82, 2.24) is 5.32 Å². The van der Waals surface area contributed by atoms with Crippen LogP contribution in [-0.4, -0.2) is 6.54 Å². The van der Waals surface area contributed by atoms with E-state index >= 15 is 0 Å². The van der Waals surface area contributed by atoms with E-state index in [2.05, 4.69) is 66.3 Å². The molecule has 2 nitrogen and oxygen atoms in total. The third-order valence-corrected chi connectivity index (χ3v) is 4.21. The van der Waals surface area contributed by atoms with Crippen LogP contribution in [0.4, 0.5) is 0 Å². The summed E-state index contributed by atoms with van der Waals surface area (Å²) in [6.45, 7) is 7.57. The zero-order chi connectivity index (χ0) is 15.2. The quantitative estimate of drug-likeness (QED) is 0.737. The van der Waals surface area contributed by atoms with Crippen LogP contribution in [0.1, 0.15) is 55.7 Å². The highest BCUT2D eigenvalue weighted by Gasteiger charge is 2.20. The van der Waals surface area contributed by atoms with Gasteiger partial charge in [0.25, 0.3) is 0 Å². The van der Waals surface area contributed by atoms with Gasteiger partial charge >= 0.3 is 0 Å². The van der Waals surface area contributed by atoms with Gasteiger partial charge in [0.2, 0.25) is 0 Å². The van der Waals surface area contributed by atoms with Crippen LogP contribution in [0.5, 0.6) is 0 Å². The molecule has 0 saturated heterocycles. The molecule has 0 spiro atoms. The molecule has 1 atom stereocenters. The molecule has 0 aliphatic carbocycles. The van der Waals surface area contributed by atoms with E-state index in [4.69, 9.17) is 4.42 Å². The Hall–Kier alpha value is -1.06. The van der Waals surface area contributed by atoms with Gasteiger partial charge in [-0.15, -0.1) is 0 Å². The molecular formula is C18H24BrNO. The number of nitrogens with one attached hydrogen (secondary N) is 1. The Kier molecular flexibility index (Phi) is 6.07. The minimum Gasteiger partial charge on any atom is -0.452 e. The zero-order valence-corrected chi connectivity index (χ0v) is 14.7. The molecule has 1 N–H and O–H groups in total. The highest BCUT2D eigenvalue weighted by Crippen LogP contribution is 2.29. The van der Waals surface area contributed by atoms with Crippen LogP contribution in [0.3, 0.4) is 0 Å². The SMILES string of the molecule is CCCNC(c1ccc(Br)o1)c1cc(CC)ccc1CC. The van der Waals surface area contributed by atoms with Crippen LogP contribution in [-0.2, 0) is 12.8 Å². The third-order valence-electron chi connectivity index (χ3n) is 3.79. The van der Waals surface area contributed by atoms with Gasteiger partial charge in [0.1, 0.15) is 5.76 Å². The molecule has 1 aromatic heterocycles. The Morgan fingerprint density at radius 2 is 1.90 bits per heavy atom. The summed E-state index contributed by atoms with van der Waals surface area (Å²) in [4.78, 5) is 0. The maximum Gasteiger partial charge on any atom is 0.169 e. The summed E-state index contributed by atoms with van der Waals surface area (Å²) in [6, 6.07) is 10.9. The van der Waals surface area contributed by atoms with Crippen LogP contribution in [0.2, 0.25) is 0 Å². The molecule has 1 aromatic carbocycles. The molecule has 0 fully saturated rings. The molecule has 3 heteroatoms. The lowest BCUT2D eigenvalue weighted by Gasteiger charge is -2.21. The monoisotopic (exact) mass is 349 g/mol. The predicted molar refractivity (Wildman–Crippen MR) is 91.7 cm³/mol. The van der Waals surface area contributed by atoms with Gasteiger partial charge in [-0.25, -0.2) is 0 Å². The van der Waals surface area contributed by atoms with Crippen molar-refractivity contribution in [3.8, 4) is 0 Å². The van der Waals surface area contributed by atoms with Crippen molar-refractivity contribution in [1.29, 1.82) is 0 Å². The Balaban J connectivity index is 2.44. The molecule has 1 unspecified atom stereocenters. The van der Waals surface area contributed by atoms with Gasteiger partial charge in [-0.3, -0.25) is 0 Å². The fourth-order valence-corrected chi connectivity index (χ4v) is 2.91. The Labute approximate surface area is 136 Å². The first-order chi connectivity index (χ1) is 10.2. The lowest BCUT2D eigenvalue weighted by atomic mass is 9.94. The summed E-state index contributed by atoms with van der Waals surface area (Å²) in [5, 5.41) is 3.63. The van der Waals surface area contributed by atoms with Crippen LogP contribution in [0, 0.1) is 0 Å². The maximum atomic E-state index is 5.82. The van der Waals surface area contributed by atoms with E-state index in [0.29, 0.717) is 0 Å². The largest absolute Gasteiger partial charge is 0.452 e. The van der Waals surface area contributed by atoms with Crippen LogP contribution in [0.25, 0.3) is 0 Å². The minimum atomic E-state index is 0.123. The molecule has 0 radical (unpaired) electrons. The van der Waals surface area contributed by atoms with E-state index in [1.807, 2.05) is 6.07 Å². The van der Waals surface area contributed by atoms with Gasteiger partial charge in [-0.05, 0) is 70.6 Å². The van der Waals surface area contributed by atoms with Crippen LogP contribution in [0.15, 0.2) is 39.4 Å². The smallest absolute Gasteiger partial charge is 0.169 e. The van der Waals surface area contributed by atoms with E-state index < -0.39 is 0 Å². The second-order valence-electron chi connectivity index (χ2n) is 5.27. The van der Waals surface area contributed by atoms with Gasteiger partial charge in [0.05, 0.1) is 6.04 Å². The van der Waals surface area contributed by atoms with E-state index in [1.54, 1.807) is 0 Å². The number of rotatable bonds is 7. The van der Waals surface area contributed by atoms with Gasteiger partial charge in [-0.1, -0.05) is 39.0 Å². The molecule has 1 heterocycles. The number of halogens is 1. The van der Waals surface area contributed by atoms with Crippen molar-refractivity contribution in [3.05, 3.63) is 57.5 Å². The fourth-order valence-electron chi connectivity index (χ4n) is 2.59. The zero-order valence-electron chi connectivity index (χ0n) is 13.1. The van der Waals surface area contributed by atoms with Gasteiger partial charge in [-0.2, -0.15) is 0 Å². The number of benzene rings is 1. The Morgan fingerprint density at radius 1 is 1.10 bits per heavy atom. The average molecular weight is 350 g/mol. The third kappa shape index (κ3) is 3.98. The summed E-state index contributed by atoms with van der Waals surface area (Å²) in [5.74, 6) is 0.971. The molecule has 0 amide bonds. The predicted octanol–water partition coefficient (Wildman–Crippen LogP) is 5.26. The van der Waals surface area contributed by atoms with Gasteiger partial charge in [0, 0.05) is 0 Å². The second-order valence-corrected chi connectivity index (χ2v) is 6.05. The highest BCUT2D eigenvalue weighted by atomic mass is 79.9. The van der Waals surface area contributed by atoms with Crippen molar-refractivity contribution < 1.29 is 4.42 Å². The topological polar surface area (TPSA) is 25.2 Å². The molecule has 0 bridgehead atoms. The van der Waals surface area contributed by atoms with Crippen LogP contribution >= 0.6 is 15.9 Å². The molecular weight excluding hydrogens is 326 g/mol. The number of aryl methyl sites for hydroxylation is 2. The number of hydrogen-bond acceptors (Lipinski definition) is 2. The lowest BCUT2D eigenvalue weighted by molar-refractivity contribution is 0.431. The first-order valence-corrected chi connectivity index (χ1v) is 8.59. The molecule has 21 heavy (non-hydrogen) atoms. The van der Waals surface area contributed by atoms with Crippen molar-refractivity contribution >= 4 is 15.9 Å².